The molecule has 0 heterocycles. The number of rotatable bonds is 5. The molecule has 1 aromatic carbocycles. The van der Waals surface area contributed by atoms with Crippen molar-refractivity contribution in [2.45, 2.75) is 33.3 Å². The van der Waals surface area contributed by atoms with Crippen molar-refractivity contribution in [3.8, 4) is 5.75 Å². The molecule has 0 saturated carbocycles. The molecule has 4 heteroatoms. The van der Waals surface area contributed by atoms with Crippen LogP contribution in [0.25, 0.3) is 0 Å². The molecule has 0 bridgehead atoms. The van der Waals surface area contributed by atoms with E-state index in [4.69, 9.17) is 10.5 Å². The Morgan fingerprint density at radius 1 is 1.32 bits per heavy atom. The lowest BCUT2D eigenvalue weighted by molar-refractivity contribution is -0.135. The van der Waals surface area contributed by atoms with Gasteiger partial charge in [0.25, 0.3) is 5.91 Å². The van der Waals surface area contributed by atoms with E-state index >= 15 is 0 Å². The lowest BCUT2D eigenvalue weighted by Gasteiger charge is -2.21. The molecule has 0 aliphatic heterocycles. The number of ether oxygens (including phenoxy) is 1. The van der Waals surface area contributed by atoms with Crippen molar-refractivity contribution in [2.75, 3.05) is 20.6 Å². The molecule has 1 atom stereocenters. The number of carbonyl (C=O) groups is 1. The fraction of sp³-hybridized carbons (Fsp3) is 0.533. The molecule has 19 heavy (non-hydrogen) atoms. The highest BCUT2D eigenvalue weighted by Gasteiger charge is 2.18. The zero-order valence-electron chi connectivity index (χ0n) is 12.5. The molecule has 1 amide bonds. The Labute approximate surface area is 115 Å². The Hall–Kier alpha value is -1.55. The van der Waals surface area contributed by atoms with Gasteiger partial charge in [-0.3, -0.25) is 4.79 Å². The molecule has 1 aromatic rings. The summed E-state index contributed by atoms with van der Waals surface area (Å²) in [5.41, 5.74) is 8.86. The minimum absolute atomic E-state index is 0.0372. The van der Waals surface area contributed by atoms with E-state index in [9.17, 15) is 4.79 Å². The second kappa shape index (κ2) is 6.57. The minimum Gasteiger partial charge on any atom is -0.480 e. The van der Waals surface area contributed by atoms with E-state index in [2.05, 4.69) is 12.1 Å². The molecule has 106 valence electrons. The maximum atomic E-state index is 11.8. The third-order valence-corrected chi connectivity index (χ3v) is 3.04. The van der Waals surface area contributed by atoms with E-state index in [-0.39, 0.29) is 5.91 Å². The number of nitrogens with zero attached hydrogens (tertiary/aromatic N) is 1. The van der Waals surface area contributed by atoms with Crippen LogP contribution in [0.15, 0.2) is 12.1 Å². The van der Waals surface area contributed by atoms with Crippen LogP contribution in [0.1, 0.15) is 23.6 Å². The summed E-state index contributed by atoms with van der Waals surface area (Å²) < 4.78 is 5.81. The molecule has 0 radical (unpaired) electrons. The van der Waals surface area contributed by atoms with Gasteiger partial charge in [-0.15, -0.1) is 0 Å². The Bertz CT molecular complexity index is 432. The van der Waals surface area contributed by atoms with Crippen LogP contribution >= 0.6 is 0 Å². The summed E-state index contributed by atoms with van der Waals surface area (Å²) in [6, 6.07) is 4.14. The van der Waals surface area contributed by atoms with E-state index in [1.807, 2.05) is 13.8 Å². The lowest BCUT2D eigenvalue weighted by Crippen LogP contribution is -2.35. The monoisotopic (exact) mass is 264 g/mol. The Morgan fingerprint density at radius 3 is 2.26 bits per heavy atom. The number of hydrogen-bond donors (Lipinski definition) is 1. The molecule has 0 saturated heterocycles. The molecule has 0 aromatic heterocycles. The fourth-order valence-corrected chi connectivity index (χ4v) is 2.13. The summed E-state index contributed by atoms with van der Waals surface area (Å²) in [6.07, 6.45) is 0.376. The van der Waals surface area contributed by atoms with Crippen LogP contribution in [0.4, 0.5) is 0 Å². The molecular weight excluding hydrogens is 240 g/mol. The van der Waals surface area contributed by atoms with Gasteiger partial charge >= 0.3 is 0 Å². The number of aryl methyl sites for hydroxylation is 2. The molecule has 0 spiro atoms. The normalized spacial score (nSPS) is 12.1. The van der Waals surface area contributed by atoms with Gasteiger partial charge in [0, 0.05) is 14.1 Å². The first-order chi connectivity index (χ1) is 8.86. The molecule has 0 aliphatic carbocycles. The number of likely N-dealkylation sites (N-methyl/N-ethyl adjacent to an activating group) is 1. The van der Waals surface area contributed by atoms with E-state index in [1.165, 1.54) is 10.5 Å². The van der Waals surface area contributed by atoms with Crippen molar-refractivity contribution in [3.05, 3.63) is 28.8 Å². The van der Waals surface area contributed by atoms with E-state index < -0.39 is 6.10 Å². The molecule has 1 unspecified atom stereocenters. The molecule has 0 aliphatic rings. The molecule has 2 N–H and O–H groups in total. The topological polar surface area (TPSA) is 55.6 Å². The standard InChI is InChI=1S/C15H24N2O2/c1-10-8-13(6-7-16)9-11(2)14(10)19-12(3)15(18)17(4)5/h8-9,12H,6-7,16H2,1-5H3. The summed E-state index contributed by atoms with van der Waals surface area (Å²) in [7, 11) is 3.46. The predicted molar refractivity (Wildman–Crippen MR) is 77.5 cm³/mol. The van der Waals surface area contributed by atoms with Crippen molar-refractivity contribution in [2.24, 2.45) is 5.73 Å². The van der Waals surface area contributed by atoms with Crippen LogP contribution in [-0.4, -0.2) is 37.6 Å². The first-order valence-electron chi connectivity index (χ1n) is 6.54. The maximum absolute atomic E-state index is 11.8. The third-order valence-electron chi connectivity index (χ3n) is 3.04. The average molecular weight is 264 g/mol. The summed E-state index contributed by atoms with van der Waals surface area (Å²) in [5.74, 6) is 0.758. The number of amides is 1. The van der Waals surface area contributed by atoms with E-state index in [0.717, 1.165) is 23.3 Å². The SMILES string of the molecule is Cc1cc(CCN)cc(C)c1OC(C)C(=O)N(C)C. The van der Waals surface area contributed by atoms with Gasteiger partial charge in [-0.25, -0.2) is 0 Å². The van der Waals surface area contributed by atoms with Gasteiger partial charge in [-0.2, -0.15) is 0 Å². The van der Waals surface area contributed by atoms with Gasteiger partial charge in [-0.05, 0) is 50.4 Å². The van der Waals surface area contributed by atoms with Crippen LogP contribution in [-0.2, 0) is 11.2 Å². The lowest BCUT2D eigenvalue weighted by atomic mass is 10.0. The number of benzene rings is 1. The van der Waals surface area contributed by atoms with Gasteiger partial charge in [0.05, 0.1) is 0 Å². The highest BCUT2D eigenvalue weighted by molar-refractivity contribution is 5.80. The highest BCUT2D eigenvalue weighted by Crippen LogP contribution is 2.26. The van der Waals surface area contributed by atoms with Gasteiger partial charge in [0.2, 0.25) is 0 Å². The maximum Gasteiger partial charge on any atom is 0.262 e. The first-order valence-corrected chi connectivity index (χ1v) is 6.54. The van der Waals surface area contributed by atoms with Crippen molar-refractivity contribution >= 4 is 5.91 Å². The van der Waals surface area contributed by atoms with Crippen molar-refractivity contribution < 1.29 is 9.53 Å². The van der Waals surface area contributed by atoms with E-state index in [1.54, 1.807) is 21.0 Å². The molecular formula is C15H24N2O2. The number of nitrogens with two attached hydrogens (primary N) is 1. The molecule has 0 fully saturated rings. The zero-order valence-corrected chi connectivity index (χ0v) is 12.5. The second-order valence-electron chi connectivity index (χ2n) is 5.09. The quantitative estimate of drug-likeness (QED) is 0.880. The van der Waals surface area contributed by atoms with Crippen molar-refractivity contribution in [3.63, 3.8) is 0 Å². The largest absolute Gasteiger partial charge is 0.480 e. The second-order valence-corrected chi connectivity index (χ2v) is 5.09. The zero-order chi connectivity index (χ0) is 14.6. The summed E-state index contributed by atoms with van der Waals surface area (Å²) in [6.45, 7) is 6.40. The Balaban J connectivity index is 2.93. The van der Waals surface area contributed by atoms with Crippen LogP contribution < -0.4 is 10.5 Å². The van der Waals surface area contributed by atoms with Crippen molar-refractivity contribution in [1.29, 1.82) is 0 Å². The number of carbonyl (C=O) groups excluding carboxylic acids is 1. The molecule has 1 rings (SSSR count). The minimum atomic E-state index is -0.479. The van der Waals surface area contributed by atoms with E-state index in [0.29, 0.717) is 6.54 Å². The summed E-state index contributed by atoms with van der Waals surface area (Å²) in [5, 5.41) is 0. The van der Waals surface area contributed by atoms with Gasteiger partial charge in [0.1, 0.15) is 5.75 Å². The van der Waals surface area contributed by atoms with Gasteiger partial charge in [0.15, 0.2) is 6.10 Å². The fourth-order valence-electron chi connectivity index (χ4n) is 2.13. The highest BCUT2D eigenvalue weighted by atomic mass is 16.5. The van der Waals surface area contributed by atoms with Crippen LogP contribution in [0.5, 0.6) is 5.75 Å². The average Bonchev–Trinajstić information content (AvgIpc) is 2.32. The summed E-state index contributed by atoms with van der Waals surface area (Å²) in [4.78, 5) is 13.4. The predicted octanol–water partition coefficient (Wildman–Crippen LogP) is 1.66. The third kappa shape index (κ3) is 3.96. The smallest absolute Gasteiger partial charge is 0.262 e. The van der Waals surface area contributed by atoms with Gasteiger partial charge < -0.3 is 15.4 Å². The summed E-state index contributed by atoms with van der Waals surface area (Å²) >= 11 is 0. The number of hydrogen-bond acceptors (Lipinski definition) is 3. The van der Waals surface area contributed by atoms with Crippen LogP contribution in [0, 0.1) is 13.8 Å². The van der Waals surface area contributed by atoms with Crippen molar-refractivity contribution in [1.82, 2.24) is 4.90 Å². The van der Waals surface area contributed by atoms with Crippen LogP contribution in [0.2, 0.25) is 0 Å². The molecule has 4 nitrogen and oxygen atoms in total. The van der Waals surface area contributed by atoms with Crippen LogP contribution in [0.3, 0.4) is 0 Å². The Kier molecular flexibility index (Phi) is 5.36. The van der Waals surface area contributed by atoms with Gasteiger partial charge in [-0.1, -0.05) is 12.1 Å². The first kappa shape index (κ1) is 15.5. The Morgan fingerprint density at radius 2 is 1.84 bits per heavy atom.